The van der Waals surface area contributed by atoms with Crippen molar-refractivity contribution in [2.75, 3.05) is 6.61 Å². The summed E-state index contributed by atoms with van der Waals surface area (Å²) in [6.07, 6.45) is 1.78. The number of nitrogens with zero attached hydrogens (tertiary/aromatic N) is 3. The van der Waals surface area contributed by atoms with Crippen molar-refractivity contribution in [2.45, 2.75) is 38.4 Å². The lowest BCUT2D eigenvalue weighted by molar-refractivity contribution is 0.211. The van der Waals surface area contributed by atoms with Crippen LogP contribution in [-0.2, 0) is 6.54 Å². The second-order valence-corrected chi connectivity index (χ2v) is 5.70. The zero-order valence-corrected chi connectivity index (χ0v) is 13.1. The zero-order chi connectivity index (χ0) is 16.2. The fourth-order valence-corrected chi connectivity index (χ4v) is 2.88. The van der Waals surface area contributed by atoms with Crippen LogP contribution in [-0.4, -0.2) is 32.5 Å². The lowest BCUT2D eigenvalue weighted by Gasteiger charge is -2.24. The molecule has 7 nitrogen and oxygen atoms in total. The third-order valence-electron chi connectivity index (χ3n) is 3.98. The molecule has 1 aromatic carbocycles. The molecular weight excluding hydrogens is 294 g/mol. The van der Waals surface area contributed by atoms with Crippen LogP contribution in [0.15, 0.2) is 30.3 Å². The molecule has 2 unspecified atom stereocenters. The van der Waals surface area contributed by atoms with Crippen molar-refractivity contribution >= 4 is 6.03 Å². The molecule has 0 fully saturated rings. The minimum absolute atomic E-state index is 0.153. The van der Waals surface area contributed by atoms with Gasteiger partial charge < -0.3 is 15.7 Å². The van der Waals surface area contributed by atoms with Gasteiger partial charge in [0.25, 0.3) is 0 Å². The Kier molecular flexibility index (Phi) is 4.57. The molecule has 7 heteroatoms. The number of fused-ring (bicyclic) bond motifs is 1. The van der Waals surface area contributed by atoms with Crippen LogP contribution in [0.25, 0.3) is 0 Å². The molecule has 2 amide bonds. The van der Waals surface area contributed by atoms with Gasteiger partial charge in [0, 0.05) is 6.54 Å². The minimum atomic E-state index is -0.431. The monoisotopic (exact) mass is 315 g/mol. The average Bonchev–Trinajstić information content (AvgIpc) is 2.95. The number of aryl methyl sites for hydroxylation is 2. The maximum Gasteiger partial charge on any atom is 0.315 e. The van der Waals surface area contributed by atoms with E-state index >= 15 is 0 Å². The maximum atomic E-state index is 12.3. The number of carbonyl (C=O) groups excluding carboxylic acids is 1. The number of aliphatic hydroxyl groups is 1. The molecule has 0 radical (unpaired) electrons. The number of nitrogens with one attached hydrogen (secondary N) is 2. The summed E-state index contributed by atoms with van der Waals surface area (Å²) in [4.78, 5) is 16.7. The summed E-state index contributed by atoms with van der Waals surface area (Å²) < 4.78 is 1.85. The Bertz CT molecular complexity index is 670. The van der Waals surface area contributed by atoms with Crippen molar-refractivity contribution < 1.29 is 9.90 Å². The van der Waals surface area contributed by atoms with E-state index in [0.717, 1.165) is 30.8 Å². The van der Waals surface area contributed by atoms with Crippen LogP contribution in [0.1, 0.15) is 42.1 Å². The van der Waals surface area contributed by atoms with Crippen LogP contribution < -0.4 is 10.6 Å². The molecule has 2 aromatic rings. The number of urea groups is 1. The van der Waals surface area contributed by atoms with Crippen LogP contribution in [0.2, 0.25) is 0 Å². The lowest BCUT2D eigenvalue weighted by Crippen LogP contribution is -2.42. The zero-order valence-electron chi connectivity index (χ0n) is 13.1. The molecular formula is C16H21N5O2. The fraction of sp³-hybridized carbons (Fsp3) is 0.438. The molecule has 0 spiro atoms. The highest BCUT2D eigenvalue weighted by molar-refractivity contribution is 5.75. The second kappa shape index (κ2) is 6.78. The largest absolute Gasteiger partial charge is 0.394 e. The molecule has 23 heavy (non-hydrogen) atoms. The van der Waals surface area contributed by atoms with Crippen LogP contribution in [0.3, 0.4) is 0 Å². The molecule has 3 rings (SSSR count). The third-order valence-corrected chi connectivity index (χ3v) is 3.98. The van der Waals surface area contributed by atoms with Crippen molar-refractivity contribution in [2.24, 2.45) is 0 Å². The SMILES string of the molecule is Cc1nc2n(n1)CCCC2NC(=O)NC(CO)c1ccccc1. The summed E-state index contributed by atoms with van der Waals surface area (Å²) in [7, 11) is 0. The van der Waals surface area contributed by atoms with Crippen LogP contribution in [0, 0.1) is 6.92 Å². The van der Waals surface area contributed by atoms with Gasteiger partial charge in [-0.2, -0.15) is 5.10 Å². The van der Waals surface area contributed by atoms with Crippen molar-refractivity contribution in [3.8, 4) is 0 Å². The Hall–Kier alpha value is -2.41. The molecule has 1 aromatic heterocycles. The summed E-state index contributed by atoms with van der Waals surface area (Å²) in [5, 5.41) is 19.6. The number of hydrogen-bond acceptors (Lipinski definition) is 4. The fourth-order valence-electron chi connectivity index (χ4n) is 2.88. The standard InChI is InChI=1S/C16H21N5O2/c1-11-17-15-13(8-5-9-21(15)20-11)18-16(23)19-14(10-22)12-6-3-2-4-7-12/h2-4,6-7,13-14,22H,5,8-10H2,1H3,(H2,18,19,23). The van der Waals surface area contributed by atoms with Crippen molar-refractivity contribution in [1.29, 1.82) is 0 Å². The van der Waals surface area contributed by atoms with Gasteiger partial charge in [0.15, 0.2) is 0 Å². The Morgan fingerprint density at radius 1 is 1.43 bits per heavy atom. The minimum Gasteiger partial charge on any atom is -0.394 e. The van der Waals surface area contributed by atoms with E-state index in [2.05, 4.69) is 20.7 Å². The van der Waals surface area contributed by atoms with Gasteiger partial charge >= 0.3 is 6.03 Å². The van der Waals surface area contributed by atoms with Crippen molar-refractivity contribution in [3.63, 3.8) is 0 Å². The van der Waals surface area contributed by atoms with E-state index in [9.17, 15) is 9.90 Å². The van der Waals surface area contributed by atoms with E-state index in [-0.39, 0.29) is 18.7 Å². The van der Waals surface area contributed by atoms with Crippen molar-refractivity contribution in [3.05, 3.63) is 47.5 Å². The van der Waals surface area contributed by atoms with Crippen LogP contribution in [0.5, 0.6) is 0 Å². The summed E-state index contributed by atoms with van der Waals surface area (Å²) in [6.45, 7) is 2.52. The maximum absolute atomic E-state index is 12.3. The number of amides is 2. The number of hydrogen-bond donors (Lipinski definition) is 3. The third kappa shape index (κ3) is 3.50. The van der Waals surface area contributed by atoms with Gasteiger partial charge in [-0.05, 0) is 25.3 Å². The van der Waals surface area contributed by atoms with Gasteiger partial charge in [0.05, 0.1) is 18.7 Å². The molecule has 0 aliphatic carbocycles. The van der Waals surface area contributed by atoms with Gasteiger partial charge in [-0.25, -0.2) is 14.5 Å². The van der Waals surface area contributed by atoms with Crippen molar-refractivity contribution in [1.82, 2.24) is 25.4 Å². The van der Waals surface area contributed by atoms with E-state index in [1.165, 1.54) is 0 Å². The highest BCUT2D eigenvalue weighted by Gasteiger charge is 2.25. The van der Waals surface area contributed by atoms with E-state index in [1.807, 2.05) is 41.9 Å². The normalized spacial score (nSPS) is 18.1. The van der Waals surface area contributed by atoms with E-state index in [0.29, 0.717) is 5.82 Å². The van der Waals surface area contributed by atoms with Crippen LogP contribution >= 0.6 is 0 Å². The van der Waals surface area contributed by atoms with E-state index in [1.54, 1.807) is 0 Å². The van der Waals surface area contributed by atoms with Gasteiger partial charge in [-0.15, -0.1) is 0 Å². The molecule has 0 saturated carbocycles. The molecule has 2 heterocycles. The molecule has 2 atom stereocenters. The van der Waals surface area contributed by atoms with E-state index < -0.39 is 6.04 Å². The lowest BCUT2D eigenvalue weighted by atomic mass is 10.1. The molecule has 1 aliphatic rings. The van der Waals surface area contributed by atoms with Gasteiger partial charge in [-0.3, -0.25) is 0 Å². The first kappa shape index (κ1) is 15.5. The first-order valence-corrected chi connectivity index (χ1v) is 7.81. The number of benzene rings is 1. The van der Waals surface area contributed by atoms with Gasteiger partial charge in [-0.1, -0.05) is 30.3 Å². The quantitative estimate of drug-likeness (QED) is 0.796. The smallest absolute Gasteiger partial charge is 0.315 e. The summed E-state index contributed by atoms with van der Waals surface area (Å²) in [6, 6.07) is 8.51. The Balaban J connectivity index is 1.65. The number of aliphatic hydroxyl groups excluding tert-OH is 1. The molecule has 0 saturated heterocycles. The van der Waals surface area contributed by atoms with Crippen LogP contribution in [0.4, 0.5) is 4.79 Å². The average molecular weight is 315 g/mol. The predicted molar refractivity (Wildman–Crippen MR) is 84.7 cm³/mol. The summed E-state index contributed by atoms with van der Waals surface area (Å²) in [5.41, 5.74) is 0.868. The molecule has 3 N–H and O–H groups in total. The highest BCUT2D eigenvalue weighted by atomic mass is 16.3. The molecule has 0 bridgehead atoms. The summed E-state index contributed by atoms with van der Waals surface area (Å²) >= 11 is 0. The first-order valence-electron chi connectivity index (χ1n) is 7.81. The van der Waals surface area contributed by atoms with E-state index in [4.69, 9.17) is 0 Å². The predicted octanol–water partition coefficient (Wildman–Crippen LogP) is 1.45. The number of rotatable bonds is 4. The first-order chi connectivity index (χ1) is 11.2. The second-order valence-electron chi connectivity index (χ2n) is 5.70. The summed E-state index contributed by atoms with van der Waals surface area (Å²) in [5.74, 6) is 1.51. The van der Waals surface area contributed by atoms with Gasteiger partial charge in [0.2, 0.25) is 0 Å². The van der Waals surface area contributed by atoms with Gasteiger partial charge in [0.1, 0.15) is 11.6 Å². The number of aromatic nitrogens is 3. The topological polar surface area (TPSA) is 92.1 Å². The molecule has 1 aliphatic heterocycles. The Morgan fingerprint density at radius 2 is 2.22 bits per heavy atom. The Labute approximate surface area is 134 Å². The number of carbonyl (C=O) groups is 1. The Morgan fingerprint density at radius 3 is 2.96 bits per heavy atom. The highest BCUT2D eigenvalue weighted by Crippen LogP contribution is 2.23. The molecule has 122 valence electrons.